The van der Waals surface area contributed by atoms with Crippen LogP contribution in [-0.2, 0) is 0 Å². The maximum atomic E-state index is 13.0. The van der Waals surface area contributed by atoms with Gasteiger partial charge in [-0.05, 0) is 0 Å². The highest BCUT2D eigenvalue weighted by atomic mass is 35.5. The lowest BCUT2D eigenvalue weighted by Gasteiger charge is -2.52. The molecule has 0 nitrogen and oxygen atoms in total. The van der Waals surface area contributed by atoms with Gasteiger partial charge in [0, 0.05) is 11.8 Å². The molecule has 0 saturated heterocycles. The van der Waals surface area contributed by atoms with E-state index in [0.29, 0.717) is 0 Å². The van der Waals surface area contributed by atoms with Crippen molar-refractivity contribution in [1.82, 2.24) is 0 Å². The van der Waals surface area contributed by atoms with E-state index in [1.165, 1.54) is 6.92 Å². The van der Waals surface area contributed by atoms with Crippen LogP contribution in [0.15, 0.2) is 12.7 Å². The van der Waals surface area contributed by atoms with Crippen LogP contribution in [0.5, 0.6) is 0 Å². The molecule has 0 bridgehead atoms. The second-order valence-electron chi connectivity index (χ2n) is 3.08. The third-order valence-corrected chi connectivity index (χ3v) is 2.92. The summed E-state index contributed by atoms with van der Waals surface area (Å²) in [5.74, 6) is -3.42. The van der Waals surface area contributed by atoms with Crippen LogP contribution in [0.25, 0.3) is 0 Å². The molecule has 0 aromatic heterocycles. The summed E-state index contributed by atoms with van der Waals surface area (Å²) in [6.45, 7) is 4.58. The lowest BCUT2D eigenvalue weighted by molar-refractivity contribution is -0.231. The number of allylic oxidation sites excluding steroid dienone is 1. The lowest BCUT2D eigenvalue weighted by atomic mass is 9.65. The Kier molecular flexibility index (Phi) is 1.58. The number of hydrogen-bond donors (Lipinski definition) is 0. The molecule has 1 rings (SSSR count). The molecule has 11 heavy (non-hydrogen) atoms. The molecule has 0 aromatic carbocycles. The Labute approximate surface area is 68.0 Å². The molecule has 0 heterocycles. The fourth-order valence-electron chi connectivity index (χ4n) is 1.19. The molecular weight excluding hydrogens is 177 g/mol. The fourth-order valence-corrected chi connectivity index (χ4v) is 1.41. The zero-order valence-electron chi connectivity index (χ0n) is 6.00. The fraction of sp³-hybridized carbons (Fsp3) is 0.714. The molecule has 0 aromatic rings. The first-order valence-corrected chi connectivity index (χ1v) is 3.54. The third kappa shape index (κ3) is 0.835. The predicted molar refractivity (Wildman–Crippen MR) is 37.6 cm³/mol. The van der Waals surface area contributed by atoms with Crippen molar-refractivity contribution in [2.45, 2.75) is 24.4 Å². The first-order chi connectivity index (χ1) is 4.77. The molecular formula is C7H8ClF3. The van der Waals surface area contributed by atoms with Gasteiger partial charge in [0.2, 0.25) is 0 Å². The average molecular weight is 185 g/mol. The molecule has 0 N–H and O–H groups in total. The Morgan fingerprint density at radius 3 is 2.00 bits per heavy atom. The molecule has 4 heteroatoms. The Hall–Kier alpha value is -0.180. The SMILES string of the molecule is C=C[C@@]1(C)CC(F)(F)[C@@]1(F)Cl. The highest BCUT2D eigenvalue weighted by Crippen LogP contribution is 2.64. The van der Waals surface area contributed by atoms with Gasteiger partial charge in [0.25, 0.3) is 11.1 Å². The molecule has 1 saturated carbocycles. The van der Waals surface area contributed by atoms with Gasteiger partial charge >= 0.3 is 0 Å². The molecule has 1 aliphatic rings. The van der Waals surface area contributed by atoms with Gasteiger partial charge in [-0.3, -0.25) is 0 Å². The van der Waals surface area contributed by atoms with Gasteiger partial charge in [-0.1, -0.05) is 24.6 Å². The Morgan fingerprint density at radius 2 is 1.91 bits per heavy atom. The van der Waals surface area contributed by atoms with Crippen molar-refractivity contribution in [1.29, 1.82) is 0 Å². The second-order valence-corrected chi connectivity index (χ2v) is 3.60. The van der Waals surface area contributed by atoms with Gasteiger partial charge < -0.3 is 0 Å². The normalized spacial score (nSPS) is 48.1. The van der Waals surface area contributed by atoms with Crippen molar-refractivity contribution >= 4 is 11.6 Å². The Balaban J connectivity index is 2.93. The zero-order valence-corrected chi connectivity index (χ0v) is 6.76. The van der Waals surface area contributed by atoms with Crippen molar-refractivity contribution in [3.05, 3.63) is 12.7 Å². The first kappa shape index (κ1) is 8.91. The van der Waals surface area contributed by atoms with Crippen molar-refractivity contribution in [2.75, 3.05) is 0 Å². The largest absolute Gasteiger partial charge is 0.297 e. The van der Waals surface area contributed by atoms with Crippen molar-refractivity contribution in [2.24, 2.45) is 5.41 Å². The van der Waals surface area contributed by atoms with E-state index in [9.17, 15) is 13.2 Å². The van der Waals surface area contributed by atoms with Crippen LogP contribution in [0.2, 0.25) is 0 Å². The molecule has 1 aliphatic carbocycles. The van der Waals surface area contributed by atoms with E-state index in [0.717, 1.165) is 6.08 Å². The van der Waals surface area contributed by atoms with E-state index in [1.807, 2.05) is 0 Å². The number of alkyl halides is 4. The average Bonchev–Trinajstić information content (AvgIpc) is 1.86. The van der Waals surface area contributed by atoms with E-state index in [2.05, 4.69) is 6.58 Å². The highest BCUT2D eigenvalue weighted by molar-refractivity contribution is 6.25. The van der Waals surface area contributed by atoms with Crippen LogP contribution in [0.3, 0.4) is 0 Å². The van der Waals surface area contributed by atoms with E-state index in [1.54, 1.807) is 0 Å². The summed E-state index contributed by atoms with van der Waals surface area (Å²) < 4.78 is 37.9. The van der Waals surface area contributed by atoms with Crippen LogP contribution in [0.1, 0.15) is 13.3 Å². The minimum Gasteiger partial charge on any atom is -0.219 e. The molecule has 0 spiro atoms. The monoisotopic (exact) mass is 184 g/mol. The smallest absolute Gasteiger partial charge is 0.219 e. The van der Waals surface area contributed by atoms with Crippen molar-refractivity contribution in [3.8, 4) is 0 Å². The Morgan fingerprint density at radius 1 is 1.45 bits per heavy atom. The quantitative estimate of drug-likeness (QED) is 0.434. The minimum absolute atomic E-state index is 0.566. The Bertz CT molecular complexity index is 200. The summed E-state index contributed by atoms with van der Waals surface area (Å²) in [4.78, 5) is 0. The summed E-state index contributed by atoms with van der Waals surface area (Å²) in [5, 5.41) is -2.96. The summed E-state index contributed by atoms with van der Waals surface area (Å²) in [6.07, 6.45) is 0.570. The standard InChI is InChI=1S/C7H8ClF3/c1-3-5(2)4-6(9,10)7(5,8)11/h3H,1,4H2,2H3/t5-,7+/m0/s1. The molecule has 0 amide bonds. The van der Waals surface area contributed by atoms with E-state index in [-0.39, 0.29) is 0 Å². The van der Waals surface area contributed by atoms with E-state index >= 15 is 0 Å². The van der Waals surface area contributed by atoms with Crippen LogP contribution in [0.4, 0.5) is 13.2 Å². The molecule has 0 aliphatic heterocycles. The number of hydrogen-bond acceptors (Lipinski definition) is 0. The molecule has 0 unspecified atom stereocenters. The summed E-state index contributed by atoms with van der Waals surface area (Å²) in [7, 11) is 0. The maximum Gasteiger partial charge on any atom is 0.297 e. The summed E-state index contributed by atoms with van der Waals surface area (Å²) in [5.41, 5.74) is -1.29. The van der Waals surface area contributed by atoms with Gasteiger partial charge in [-0.25, -0.2) is 13.2 Å². The van der Waals surface area contributed by atoms with Gasteiger partial charge in [0.05, 0.1) is 0 Å². The van der Waals surface area contributed by atoms with Gasteiger partial charge in [-0.15, -0.1) is 6.58 Å². The summed E-state index contributed by atoms with van der Waals surface area (Å²) >= 11 is 5.02. The van der Waals surface area contributed by atoms with Crippen LogP contribution in [0, 0.1) is 5.41 Å². The maximum absolute atomic E-state index is 13.0. The minimum atomic E-state index is -3.42. The van der Waals surface area contributed by atoms with Gasteiger partial charge in [0.1, 0.15) is 0 Å². The van der Waals surface area contributed by atoms with Gasteiger partial charge in [0.15, 0.2) is 0 Å². The lowest BCUT2D eigenvalue weighted by Crippen LogP contribution is -2.63. The number of halogens is 4. The van der Waals surface area contributed by atoms with Crippen molar-refractivity contribution in [3.63, 3.8) is 0 Å². The van der Waals surface area contributed by atoms with Crippen LogP contribution in [-0.4, -0.2) is 11.1 Å². The number of rotatable bonds is 1. The summed E-state index contributed by atoms with van der Waals surface area (Å²) in [6, 6.07) is 0. The third-order valence-electron chi connectivity index (χ3n) is 2.22. The first-order valence-electron chi connectivity index (χ1n) is 3.16. The molecule has 64 valence electrons. The molecule has 2 atom stereocenters. The van der Waals surface area contributed by atoms with Crippen molar-refractivity contribution < 1.29 is 13.2 Å². The van der Waals surface area contributed by atoms with E-state index in [4.69, 9.17) is 11.6 Å². The van der Waals surface area contributed by atoms with E-state index < -0.39 is 22.9 Å². The highest BCUT2D eigenvalue weighted by Gasteiger charge is 2.74. The molecule has 0 radical (unpaired) electrons. The predicted octanol–water partition coefficient (Wildman–Crippen LogP) is 3.12. The zero-order chi connectivity index (χ0) is 8.91. The van der Waals surface area contributed by atoms with Crippen LogP contribution < -0.4 is 0 Å². The topological polar surface area (TPSA) is 0 Å². The second kappa shape index (κ2) is 1.94. The van der Waals surface area contributed by atoms with Crippen LogP contribution >= 0.6 is 11.6 Å². The van der Waals surface area contributed by atoms with Gasteiger partial charge in [-0.2, -0.15) is 0 Å². The molecule has 1 fully saturated rings.